The van der Waals surface area contributed by atoms with Crippen molar-refractivity contribution in [3.63, 3.8) is 0 Å². The van der Waals surface area contributed by atoms with Crippen molar-refractivity contribution in [2.75, 3.05) is 7.11 Å². The van der Waals surface area contributed by atoms with E-state index in [1.165, 1.54) is 32.8 Å². The summed E-state index contributed by atoms with van der Waals surface area (Å²) < 4.78 is 4.80. The topological polar surface area (TPSA) is 46.5 Å². The van der Waals surface area contributed by atoms with Crippen molar-refractivity contribution in [2.24, 2.45) is 0 Å². The van der Waals surface area contributed by atoms with Gasteiger partial charge in [0.15, 0.2) is 0 Å². The molecule has 1 atom stereocenters. The SMILES string of the molecule is CCCCCCCC/C=C(\C(=O)OC)C(O)c1ccccc1. The van der Waals surface area contributed by atoms with Crippen molar-refractivity contribution in [3.8, 4) is 0 Å². The van der Waals surface area contributed by atoms with Gasteiger partial charge in [-0.25, -0.2) is 4.79 Å². The van der Waals surface area contributed by atoms with Crippen LogP contribution in [0.3, 0.4) is 0 Å². The van der Waals surface area contributed by atoms with Crippen LogP contribution in [0.5, 0.6) is 0 Å². The quantitative estimate of drug-likeness (QED) is 0.391. The van der Waals surface area contributed by atoms with Crippen LogP contribution < -0.4 is 0 Å². The first-order valence-corrected chi connectivity index (χ1v) is 8.22. The highest BCUT2D eigenvalue weighted by Crippen LogP contribution is 2.23. The van der Waals surface area contributed by atoms with Gasteiger partial charge in [0.25, 0.3) is 0 Å². The van der Waals surface area contributed by atoms with Crippen molar-refractivity contribution < 1.29 is 14.6 Å². The third-order valence-electron chi connectivity index (χ3n) is 3.75. The van der Waals surface area contributed by atoms with Gasteiger partial charge in [0.2, 0.25) is 0 Å². The molecular weight excluding hydrogens is 276 g/mol. The highest BCUT2D eigenvalue weighted by Gasteiger charge is 2.20. The summed E-state index contributed by atoms with van der Waals surface area (Å²) in [4.78, 5) is 11.9. The Bertz CT molecular complexity index is 451. The number of aliphatic hydroxyl groups is 1. The van der Waals surface area contributed by atoms with Gasteiger partial charge >= 0.3 is 5.97 Å². The van der Waals surface area contributed by atoms with E-state index in [0.717, 1.165) is 19.3 Å². The molecule has 0 saturated heterocycles. The summed E-state index contributed by atoms with van der Waals surface area (Å²) in [5.74, 6) is -0.456. The Morgan fingerprint density at radius 1 is 1.14 bits per heavy atom. The molecule has 0 bridgehead atoms. The van der Waals surface area contributed by atoms with Gasteiger partial charge in [-0.15, -0.1) is 0 Å². The Balaban J connectivity index is 2.57. The molecule has 0 amide bonds. The lowest BCUT2D eigenvalue weighted by Crippen LogP contribution is -2.13. The highest BCUT2D eigenvalue weighted by atomic mass is 16.5. The molecule has 3 nitrogen and oxygen atoms in total. The number of carbonyl (C=O) groups is 1. The first-order valence-electron chi connectivity index (χ1n) is 8.22. The number of allylic oxidation sites excluding steroid dienone is 1. The minimum Gasteiger partial charge on any atom is -0.466 e. The molecule has 1 aromatic carbocycles. The van der Waals surface area contributed by atoms with Crippen LogP contribution in [0.25, 0.3) is 0 Å². The second kappa shape index (κ2) is 11.0. The molecule has 1 unspecified atom stereocenters. The Kier molecular flexibility index (Phi) is 9.24. The largest absolute Gasteiger partial charge is 0.466 e. The predicted molar refractivity (Wildman–Crippen MR) is 89.5 cm³/mol. The Hall–Kier alpha value is -1.61. The van der Waals surface area contributed by atoms with Crippen LogP contribution in [-0.4, -0.2) is 18.2 Å². The molecule has 0 radical (unpaired) electrons. The second-order valence-corrected chi connectivity index (χ2v) is 5.52. The van der Waals surface area contributed by atoms with E-state index >= 15 is 0 Å². The van der Waals surface area contributed by atoms with Gasteiger partial charge in [0.05, 0.1) is 12.7 Å². The lowest BCUT2D eigenvalue weighted by Gasteiger charge is -2.13. The molecule has 0 spiro atoms. The predicted octanol–water partition coefficient (Wildman–Crippen LogP) is 4.57. The normalized spacial score (nSPS) is 13.0. The fourth-order valence-electron chi connectivity index (χ4n) is 2.42. The van der Waals surface area contributed by atoms with Crippen molar-refractivity contribution in [2.45, 2.75) is 58.0 Å². The van der Waals surface area contributed by atoms with Crippen molar-refractivity contribution >= 4 is 5.97 Å². The van der Waals surface area contributed by atoms with E-state index in [0.29, 0.717) is 11.1 Å². The summed E-state index contributed by atoms with van der Waals surface area (Å²) in [6.07, 6.45) is 8.93. The standard InChI is InChI=1S/C19H28O3/c1-3-4-5-6-7-8-12-15-17(19(21)22-2)18(20)16-13-10-9-11-14-16/h9-11,13-15,18,20H,3-8,12H2,1-2H3/b17-15-. The van der Waals surface area contributed by atoms with E-state index in [1.54, 1.807) is 0 Å². The van der Waals surface area contributed by atoms with Crippen LogP contribution in [-0.2, 0) is 9.53 Å². The van der Waals surface area contributed by atoms with Gasteiger partial charge in [-0.05, 0) is 18.4 Å². The molecule has 0 fully saturated rings. The molecule has 3 heteroatoms. The zero-order chi connectivity index (χ0) is 16.2. The minimum absolute atomic E-state index is 0.335. The zero-order valence-electron chi connectivity index (χ0n) is 13.8. The number of esters is 1. The van der Waals surface area contributed by atoms with Gasteiger partial charge in [0, 0.05) is 0 Å². The first kappa shape index (κ1) is 18.4. The van der Waals surface area contributed by atoms with Crippen LogP contribution >= 0.6 is 0 Å². The van der Waals surface area contributed by atoms with Crippen LogP contribution in [0.4, 0.5) is 0 Å². The third-order valence-corrected chi connectivity index (χ3v) is 3.75. The number of hydrogen-bond donors (Lipinski definition) is 1. The van der Waals surface area contributed by atoms with Crippen LogP contribution in [0.15, 0.2) is 42.0 Å². The Morgan fingerprint density at radius 3 is 2.41 bits per heavy atom. The first-order chi connectivity index (χ1) is 10.7. The average Bonchev–Trinajstić information content (AvgIpc) is 2.57. The third kappa shape index (κ3) is 6.44. The van der Waals surface area contributed by atoms with E-state index in [4.69, 9.17) is 4.74 Å². The lowest BCUT2D eigenvalue weighted by molar-refractivity contribution is -0.137. The molecular formula is C19H28O3. The van der Waals surface area contributed by atoms with E-state index in [-0.39, 0.29) is 0 Å². The lowest BCUT2D eigenvalue weighted by atomic mass is 9.99. The molecule has 1 rings (SSSR count). The maximum absolute atomic E-state index is 11.9. The number of unbranched alkanes of at least 4 members (excludes halogenated alkanes) is 6. The molecule has 0 saturated carbocycles. The zero-order valence-corrected chi connectivity index (χ0v) is 13.8. The summed E-state index contributed by atoms with van der Waals surface area (Å²) in [7, 11) is 1.35. The molecule has 0 aliphatic carbocycles. The molecule has 0 aliphatic rings. The summed E-state index contributed by atoms with van der Waals surface area (Å²) >= 11 is 0. The fourth-order valence-corrected chi connectivity index (χ4v) is 2.42. The maximum Gasteiger partial charge on any atom is 0.336 e. The van der Waals surface area contributed by atoms with E-state index < -0.39 is 12.1 Å². The average molecular weight is 304 g/mol. The van der Waals surface area contributed by atoms with Gasteiger partial charge in [-0.2, -0.15) is 0 Å². The molecule has 0 aromatic heterocycles. The maximum atomic E-state index is 11.9. The molecule has 1 aromatic rings. The van der Waals surface area contributed by atoms with Crippen molar-refractivity contribution in [1.82, 2.24) is 0 Å². The molecule has 22 heavy (non-hydrogen) atoms. The Morgan fingerprint density at radius 2 is 1.77 bits per heavy atom. The van der Waals surface area contributed by atoms with Gasteiger partial charge < -0.3 is 9.84 Å². The molecule has 122 valence electrons. The summed E-state index contributed by atoms with van der Waals surface area (Å²) in [6, 6.07) is 9.20. The number of benzene rings is 1. The number of rotatable bonds is 10. The van der Waals surface area contributed by atoms with Gasteiger partial charge in [-0.3, -0.25) is 0 Å². The fraction of sp³-hybridized carbons (Fsp3) is 0.526. The van der Waals surface area contributed by atoms with Gasteiger partial charge in [-0.1, -0.05) is 75.4 Å². The van der Waals surface area contributed by atoms with Crippen LogP contribution in [0.1, 0.15) is 63.5 Å². The summed E-state index contributed by atoms with van der Waals surface area (Å²) in [5, 5.41) is 10.4. The highest BCUT2D eigenvalue weighted by molar-refractivity contribution is 5.89. The monoisotopic (exact) mass is 304 g/mol. The summed E-state index contributed by atoms with van der Waals surface area (Å²) in [5.41, 5.74) is 1.05. The number of hydrogen-bond acceptors (Lipinski definition) is 3. The smallest absolute Gasteiger partial charge is 0.336 e. The molecule has 0 aliphatic heterocycles. The number of aliphatic hydroxyl groups excluding tert-OH is 1. The number of ether oxygens (including phenoxy) is 1. The minimum atomic E-state index is -0.922. The molecule has 0 heterocycles. The van der Waals surface area contributed by atoms with E-state index in [2.05, 4.69) is 6.92 Å². The number of carbonyl (C=O) groups excluding carboxylic acids is 1. The van der Waals surface area contributed by atoms with E-state index in [9.17, 15) is 9.90 Å². The van der Waals surface area contributed by atoms with E-state index in [1.807, 2.05) is 36.4 Å². The van der Waals surface area contributed by atoms with Gasteiger partial charge in [0.1, 0.15) is 6.10 Å². The summed E-state index contributed by atoms with van der Waals surface area (Å²) in [6.45, 7) is 2.20. The second-order valence-electron chi connectivity index (χ2n) is 5.52. The van der Waals surface area contributed by atoms with Crippen LogP contribution in [0, 0.1) is 0 Å². The molecule has 1 N–H and O–H groups in total. The van der Waals surface area contributed by atoms with Crippen molar-refractivity contribution in [1.29, 1.82) is 0 Å². The number of methoxy groups -OCH3 is 1. The van der Waals surface area contributed by atoms with Crippen LogP contribution in [0.2, 0.25) is 0 Å². The Labute approximate surface area is 134 Å². The van der Waals surface area contributed by atoms with Crippen molar-refractivity contribution in [3.05, 3.63) is 47.5 Å².